The number of fused-ring (bicyclic) bond motifs is 1. The fraction of sp³-hybridized carbons (Fsp3) is 0.571. The number of halogens is 1. The Morgan fingerprint density at radius 2 is 2.21 bits per heavy atom. The summed E-state index contributed by atoms with van der Waals surface area (Å²) in [5, 5.41) is 0. The topological polar surface area (TPSA) is 47.7 Å². The molecule has 1 saturated carbocycles. The van der Waals surface area contributed by atoms with Gasteiger partial charge in [-0.25, -0.2) is 0 Å². The highest BCUT2D eigenvalue weighted by Crippen LogP contribution is 2.42. The second-order valence-electron chi connectivity index (χ2n) is 5.24. The molecule has 1 aromatic rings. The lowest BCUT2D eigenvalue weighted by molar-refractivity contribution is 0.113. The molecule has 0 spiro atoms. The maximum atomic E-state index is 5.99. The van der Waals surface area contributed by atoms with Gasteiger partial charge < -0.3 is 15.2 Å². The van der Waals surface area contributed by atoms with E-state index in [0.29, 0.717) is 19.4 Å². The lowest BCUT2D eigenvalue weighted by atomic mass is 9.89. The van der Waals surface area contributed by atoms with Crippen molar-refractivity contribution in [2.24, 2.45) is 5.73 Å². The van der Waals surface area contributed by atoms with Crippen molar-refractivity contribution in [1.82, 2.24) is 4.90 Å². The molecule has 5 heteroatoms. The van der Waals surface area contributed by atoms with Crippen LogP contribution < -0.4 is 15.2 Å². The van der Waals surface area contributed by atoms with Crippen molar-refractivity contribution < 1.29 is 9.47 Å². The van der Waals surface area contributed by atoms with Gasteiger partial charge in [-0.05, 0) is 53.5 Å². The number of ether oxygens (including phenoxy) is 2. The molecule has 0 aromatic heterocycles. The van der Waals surface area contributed by atoms with Gasteiger partial charge in [-0.2, -0.15) is 0 Å². The van der Waals surface area contributed by atoms with E-state index in [0.717, 1.165) is 16.0 Å². The van der Waals surface area contributed by atoms with Crippen LogP contribution in [0.1, 0.15) is 30.9 Å². The van der Waals surface area contributed by atoms with Crippen LogP contribution >= 0.6 is 15.9 Å². The second kappa shape index (κ2) is 5.31. The van der Waals surface area contributed by atoms with Crippen molar-refractivity contribution in [3.05, 3.63) is 22.2 Å². The Balaban J connectivity index is 1.88. The highest BCUT2D eigenvalue weighted by Gasteiger charge is 2.29. The Morgan fingerprint density at radius 3 is 2.84 bits per heavy atom. The van der Waals surface area contributed by atoms with Crippen molar-refractivity contribution in [3.8, 4) is 11.5 Å². The molecule has 0 radical (unpaired) electrons. The summed E-state index contributed by atoms with van der Waals surface area (Å²) >= 11 is 3.55. The van der Waals surface area contributed by atoms with Gasteiger partial charge in [0.25, 0.3) is 0 Å². The molecule has 1 fully saturated rings. The molecule has 1 aliphatic heterocycles. The summed E-state index contributed by atoms with van der Waals surface area (Å²) in [5.74, 6) is 1.61. The summed E-state index contributed by atoms with van der Waals surface area (Å²) in [7, 11) is 2.17. The standard InChI is InChI=1S/C14H19BrN2O2/c1-17(10-3-2-4-10)12(7-16)9-5-11(15)14-13(6-9)18-8-19-14/h5-6,10,12H,2-4,7-8,16H2,1H3. The average Bonchev–Trinajstić information content (AvgIpc) is 2.76. The number of benzene rings is 1. The minimum absolute atomic E-state index is 0.232. The molecule has 2 N–H and O–H groups in total. The summed E-state index contributed by atoms with van der Waals surface area (Å²) in [5.41, 5.74) is 7.18. The summed E-state index contributed by atoms with van der Waals surface area (Å²) < 4.78 is 11.9. The number of nitrogens with zero attached hydrogens (tertiary/aromatic N) is 1. The molecule has 3 rings (SSSR count). The maximum absolute atomic E-state index is 5.99. The van der Waals surface area contributed by atoms with Crippen molar-refractivity contribution in [3.63, 3.8) is 0 Å². The molecule has 0 bridgehead atoms. The first-order valence-corrected chi connectivity index (χ1v) is 7.51. The van der Waals surface area contributed by atoms with Crippen molar-refractivity contribution in [1.29, 1.82) is 0 Å². The predicted molar refractivity (Wildman–Crippen MR) is 77.5 cm³/mol. The third-order valence-electron chi connectivity index (χ3n) is 4.20. The van der Waals surface area contributed by atoms with Gasteiger partial charge in [0, 0.05) is 18.6 Å². The van der Waals surface area contributed by atoms with E-state index >= 15 is 0 Å². The quantitative estimate of drug-likeness (QED) is 0.924. The maximum Gasteiger partial charge on any atom is 0.231 e. The van der Waals surface area contributed by atoms with Gasteiger partial charge in [-0.1, -0.05) is 6.42 Å². The van der Waals surface area contributed by atoms with Crippen LogP contribution in [-0.2, 0) is 0 Å². The van der Waals surface area contributed by atoms with Crippen molar-refractivity contribution in [2.45, 2.75) is 31.3 Å². The van der Waals surface area contributed by atoms with Crippen LogP contribution in [0.15, 0.2) is 16.6 Å². The van der Waals surface area contributed by atoms with Crippen LogP contribution in [-0.4, -0.2) is 31.3 Å². The summed E-state index contributed by atoms with van der Waals surface area (Å²) in [6.07, 6.45) is 3.88. The fourth-order valence-corrected chi connectivity index (χ4v) is 3.34. The first-order valence-electron chi connectivity index (χ1n) is 6.71. The number of likely N-dealkylation sites (N-methyl/N-ethyl adjacent to an activating group) is 1. The molecule has 1 atom stereocenters. The van der Waals surface area contributed by atoms with Gasteiger partial charge in [0.1, 0.15) is 0 Å². The van der Waals surface area contributed by atoms with E-state index in [4.69, 9.17) is 15.2 Å². The van der Waals surface area contributed by atoms with E-state index < -0.39 is 0 Å². The van der Waals surface area contributed by atoms with Gasteiger partial charge in [-0.3, -0.25) is 4.90 Å². The van der Waals surface area contributed by atoms with E-state index in [2.05, 4.69) is 40.0 Å². The zero-order valence-corrected chi connectivity index (χ0v) is 12.6. The Morgan fingerprint density at radius 1 is 1.42 bits per heavy atom. The fourth-order valence-electron chi connectivity index (χ4n) is 2.77. The van der Waals surface area contributed by atoms with Gasteiger partial charge in [0.15, 0.2) is 11.5 Å². The molecule has 4 nitrogen and oxygen atoms in total. The first-order chi connectivity index (χ1) is 9.20. The molecule has 19 heavy (non-hydrogen) atoms. The lowest BCUT2D eigenvalue weighted by Crippen LogP contribution is -2.42. The molecule has 0 amide bonds. The molecular weight excluding hydrogens is 308 g/mol. The molecule has 104 valence electrons. The second-order valence-corrected chi connectivity index (χ2v) is 6.09. The molecule has 1 aromatic carbocycles. The van der Waals surface area contributed by atoms with Gasteiger partial charge in [-0.15, -0.1) is 0 Å². The molecule has 0 saturated heterocycles. The minimum Gasteiger partial charge on any atom is -0.454 e. The Hall–Kier alpha value is -0.780. The normalized spacial score (nSPS) is 19.6. The number of rotatable bonds is 4. The summed E-state index contributed by atoms with van der Waals surface area (Å²) in [4.78, 5) is 2.40. The smallest absolute Gasteiger partial charge is 0.231 e. The molecular formula is C14H19BrN2O2. The zero-order chi connectivity index (χ0) is 13.4. The van der Waals surface area contributed by atoms with Crippen molar-refractivity contribution >= 4 is 15.9 Å². The molecule has 1 aliphatic carbocycles. The summed E-state index contributed by atoms with van der Waals surface area (Å²) in [6.45, 7) is 0.905. The Labute approximate surface area is 122 Å². The van der Waals surface area contributed by atoms with Gasteiger partial charge >= 0.3 is 0 Å². The van der Waals surface area contributed by atoms with E-state index in [1.807, 2.05) is 0 Å². The third kappa shape index (κ3) is 2.35. The first kappa shape index (κ1) is 13.2. The summed E-state index contributed by atoms with van der Waals surface area (Å²) in [6, 6.07) is 5.05. The van der Waals surface area contributed by atoms with E-state index in [1.165, 1.54) is 24.8 Å². The average molecular weight is 327 g/mol. The monoisotopic (exact) mass is 326 g/mol. The zero-order valence-electron chi connectivity index (χ0n) is 11.1. The highest BCUT2D eigenvalue weighted by molar-refractivity contribution is 9.10. The minimum atomic E-state index is 0.232. The van der Waals surface area contributed by atoms with Crippen molar-refractivity contribution in [2.75, 3.05) is 20.4 Å². The molecule has 1 heterocycles. The van der Waals surface area contributed by atoms with Crippen LogP contribution in [0.2, 0.25) is 0 Å². The van der Waals surface area contributed by atoms with Crippen LogP contribution in [0.25, 0.3) is 0 Å². The SMILES string of the molecule is CN(C1CCC1)C(CN)c1cc(Br)c2c(c1)OCO2. The van der Waals surface area contributed by atoms with E-state index in [1.54, 1.807) is 0 Å². The van der Waals surface area contributed by atoms with Crippen LogP contribution in [0.3, 0.4) is 0 Å². The van der Waals surface area contributed by atoms with Crippen LogP contribution in [0, 0.1) is 0 Å². The molecule has 2 aliphatic rings. The number of nitrogens with two attached hydrogens (primary N) is 1. The Kier molecular flexibility index (Phi) is 3.69. The largest absolute Gasteiger partial charge is 0.454 e. The predicted octanol–water partition coefficient (Wildman–Crippen LogP) is 2.66. The highest BCUT2D eigenvalue weighted by atomic mass is 79.9. The van der Waals surface area contributed by atoms with Crippen LogP contribution in [0.4, 0.5) is 0 Å². The lowest BCUT2D eigenvalue weighted by Gasteiger charge is -2.40. The third-order valence-corrected chi connectivity index (χ3v) is 4.79. The number of hydrogen-bond donors (Lipinski definition) is 1. The Bertz CT molecular complexity index is 477. The van der Waals surface area contributed by atoms with Gasteiger partial charge in [0.05, 0.1) is 4.47 Å². The van der Waals surface area contributed by atoms with Crippen LogP contribution in [0.5, 0.6) is 11.5 Å². The molecule has 1 unspecified atom stereocenters. The number of hydrogen-bond acceptors (Lipinski definition) is 4. The van der Waals surface area contributed by atoms with E-state index in [9.17, 15) is 0 Å². The van der Waals surface area contributed by atoms with Gasteiger partial charge in [0.2, 0.25) is 6.79 Å². The van der Waals surface area contributed by atoms with E-state index in [-0.39, 0.29) is 6.04 Å².